The van der Waals surface area contributed by atoms with E-state index < -0.39 is 10.0 Å². The van der Waals surface area contributed by atoms with E-state index in [2.05, 4.69) is 9.62 Å². The standard InChI is InChI=1S/C19H27N3O3S/c1-26(24,25)20-15-7-5-14(6-8-15)17-13-18(17)19(23)22-11-9-21(10-12-22)16-3-2-4-16/h5-8,16-18,20H,2-4,9-13H2,1H3/t17-,18+/m1/s1. The Bertz CT molecular complexity index is 766. The van der Waals surface area contributed by atoms with Crippen molar-refractivity contribution in [3.05, 3.63) is 29.8 Å². The summed E-state index contributed by atoms with van der Waals surface area (Å²) in [5.41, 5.74) is 1.68. The third kappa shape index (κ3) is 3.88. The Labute approximate surface area is 155 Å². The van der Waals surface area contributed by atoms with Crippen LogP contribution in [0.5, 0.6) is 0 Å². The molecule has 2 saturated carbocycles. The summed E-state index contributed by atoms with van der Waals surface area (Å²) in [5.74, 6) is 0.667. The van der Waals surface area contributed by atoms with Gasteiger partial charge in [0.15, 0.2) is 0 Å². The van der Waals surface area contributed by atoms with Gasteiger partial charge < -0.3 is 4.90 Å². The van der Waals surface area contributed by atoms with E-state index in [-0.39, 0.29) is 11.8 Å². The van der Waals surface area contributed by atoms with E-state index in [0.717, 1.165) is 50.5 Å². The minimum atomic E-state index is -3.26. The first-order valence-electron chi connectivity index (χ1n) is 9.51. The van der Waals surface area contributed by atoms with Gasteiger partial charge in [0.05, 0.1) is 6.26 Å². The van der Waals surface area contributed by atoms with E-state index >= 15 is 0 Å². The lowest BCUT2D eigenvalue weighted by Crippen LogP contribution is -2.53. The second-order valence-corrected chi connectivity index (χ2v) is 9.64. The SMILES string of the molecule is CS(=O)(=O)Nc1ccc([C@H]2C[C@@H]2C(=O)N2CCN(C3CCC3)CC2)cc1. The molecule has 1 amide bonds. The normalized spacial score (nSPS) is 27.0. The lowest BCUT2D eigenvalue weighted by molar-refractivity contribution is -0.135. The second kappa shape index (κ2) is 6.85. The number of nitrogens with zero attached hydrogens (tertiary/aromatic N) is 2. The molecule has 4 rings (SSSR count). The number of anilines is 1. The first-order chi connectivity index (χ1) is 12.4. The fourth-order valence-electron chi connectivity index (χ4n) is 4.14. The molecule has 2 atom stereocenters. The van der Waals surface area contributed by atoms with E-state index in [1.807, 2.05) is 17.0 Å². The maximum absolute atomic E-state index is 12.8. The molecular weight excluding hydrogens is 350 g/mol. The third-order valence-corrected chi connectivity index (χ3v) is 6.57. The third-order valence-electron chi connectivity index (χ3n) is 5.97. The first-order valence-corrected chi connectivity index (χ1v) is 11.4. The summed E-state index contributed by atoms with van der Waals surface area (Å²) in [4.78, 5) is 17.4. The van der Waals surface area contributed by atoms with Gasteiger partial charge in [0, 0.05) is 43.8 Å². The van der Waals surface area contributed by atoms with Crippen LogP contribution in [0.2, 0.25) is 0 Å². The Morgan fingerprint density at radius 2 is 1.73 bits per heavy atom. The van der Waals surface area contributed by atoms with Crippen molar-refractivity contribution < 1.29 is 13.2 Å². The summed E-state index contributed by atoms with van der Waals surface area (Å²) < 4.78 is 25.0. The number of sulfonamides is 1. The van der Waals surface area contributed by atoms with Crippen LogP contribution in [0, 0.1) is 5.92 Å². The average molecular weight is 378 g/mol. The molecule has 3 fully saturated rings. The van der Waals surface area contributed by atoms with Crippen LogP contribution in [-0.4, -0.2) is 62.6 Å². The molecule has 0 unspecified atom stereocenters. The van der Waals surface area contributed by atoms with E-state index in [4.69, 9.17) is 0 Å². The number of carbonyl (C=O) groups is 1. The summed E-state index contributed by atoms with van der Waals surface area (Å²) in [7, 11) is -3.26. The van der Waals surface area contributed by atoms with Gasteiger partial charge in [-0.25, -0.2) is 8.42 Å². The van der Waals surface area contributed by atoms with Crippen molar-refractivity contribution in [2.75, 3.05) is 37.2 Å². The minimum Gasteiger partial charge on any atom is -0.340 e. The molecule has 2 aliphatic carbocycles. The summed E-state index contributed by atoms with van der Waals surface area (Å²) in [5, 5.41) is 0. The molecule has 1 saturated heterocycles. The highest BCUT2D eigenvalue weighted by Crippen LogP contribution is 2.48. The van der Waals surface area contributed by atoms with E-state index in [1.165, 1.54) is 19.3 Å². The molecule has 6 nitrogen and oxygen atoms in total. The van der Waals surface area contributed by atoms with Crippen molar-refractivity contribution in [3.8, 4) is 0 Å². The minimum absolute atomic E-state index is 0.0963. The van der Waals surface area contributed by atoms with Crippen LogP contribution in [-0.2, 0) is 14.8 Å². The van der Waals surface area contributed by atoms with Gasteiger partial charge in [0.2, 0.25) is 15.9 Å². The van der Waals surface area contributed by atoms with Crippen LogP contribution in [0.4, 0.5) is 5.69 Å². The van der Waals surface area contributed by atoms with Crippen molar-refractivity contribution in [1.29, 1.82) is 0 Å². The van der Waals surface area contributed by atoms with Gasteiger partial charge in [-0.1, -0.05) is 18.6 Å². The van der Waals surface area contributed by atoms with Gasteiger partial charge >= 0.3 is 0 Å². The van der Waals surface area contributed by atoms with Crippen LogP contribution in [0.3, 0.4) is 0 Å². The van der Waals surface area contributed by atoms with Gasteiger partial charge in [-0.15, -0.1) is 0 Å². The monoisotopic (exact) mass is 377 g/mol. The molecule has 3 aliphatic rings. The summed E-state index contributed by atoms with van der Waals surface area (Å²) in [6.07, 6.45) is 6.04. The quantitative estimate of drug-likeness (QED) is 0.850. The van der Waals surface area contributed by atoms with Crippen LogP contribution in [0.15, 0.2) is 24.3 Å². The zero-order valence-corrected chi connectivity index (χ0v) is 16.0. The fraction of sp³-hybridized carbons (Fsp3) is 0.632. The van der Waals surface area contributed by atoms with Crippen molar-refractivity contribution in [3.63, 3.8) is 0 Å². The predicted molar refractivity (Wildman–Crippen MR) is 102 cm³/mol. The van der Waals surface area contributed by atoms with Gasteiger partial charge in [-0.2, -0.15) is 0 Å². The van der Waals surface area contributed by atoms with E-state index in [0.29, 0.717) is 11.6 Å². The lowest BCUT2D eigenvalue weighted by atomic mass is 9.91. The maximum atomic E-state index is 12.8. The van der Waals surface area contributed by atoms with Crippen LogP contribution >= 0.6 is 0 Å². The van der Waals surface area contributed by atoms with E-state index in [9.17, 15) is 13.2 Å². The van der Waals surface area contributed by atoms with Crippen molar-refractivity contribution in [2.24, 2.45) is 5.92 Å². The zero-order valence-electron chi connectivity index (χ0n) is 15.2. The van der Waals surface area contributed by atoms with E-state index in [1.54, 1.807) is 12.1 Å². The summed E-state index contributed by atoms with van der Waals surface area (Å²) in [6.45, 7) is 3.74. The number of benzene rings is 1. The smallest absolute Gasteiger partial charge is 0.229 e. The number of rotatable bonds is 5. The van der Waals surface area contributed by atoms with Crippen molar-refractivity contribution in [2.45, 2.75) is 37.6 Å². The van der Waals surface area contributed by atoms with Gasteiger partial charge in [0.25, 0.3) is 0 Å². The highest BCUT2D eigenvalue weighted by atomic mass is 32.2. The number of hydrogen-bond acceptors (Lipinski definition) is 4. The largest absolute Gasteiger partial charge is 0.340 e. The lowest BCUT2D eigenvalue weighted by Gasteiger charge is -2.43. The highest BCUT2D eigenvalue weighted by molar-refractivity contribution is 7.92. The molecule has 0 aromatic heterocycles. The Hall–Kier alpha value is -1.60. The first kappa shape index (κ1) is 17.8. The molecule has 1 N–H and O–H groups in total. The molecule has 0 radical (unpaired) electrons. The fourth-order valence-corrected chi connectivity index (χ4v) is 4.71. The number of amides is 1. The Kier molecular flexibility index (Phi) is 4.69. The molecule has 0 bridgehead atoms. The molecule has 0 spiro atoms. The van der Waals surface area contributed by atoms with Gasteiger partial charge in [0.1, 0.15) is 0 Å². The van der Waals surface area contributed by atoms with Crippen LogP contribution < -0.4 is 4.72 Å². The summed E-state index contributed by atoms with van der Waals surface area (Å²) >= 11 is 0. The summed E-state index contributed by atoms with van der Waals surface area (Å²) in [6, 6.07) is 8.17. The number of piperazine rings is 1. The second-order valence-electron chi connectivity index (χ2n) is 7.89. The molecule has 142 valence electrons. The van der Waals surface area contributed by atoms with Gasteiger partial charge in [-0.05, 0) is 42.9 Å². The molecule has 1 aliphatic heterocycles. The Morgan fingerprint density at radius 3 is 2.27 bits per heavy atom. The Morgan fingerprint density at radius 1 is 1.08 bits per heavy atom. The van der Waals surface area contributed by atoms with Crippen molar-refractivity contribution >= 4 is 21.6 Å². The molecule has 1 aromatic carbocycles. The molecule has 7 heteroatoms. The topological polar surface area (TPSA) is 69.7 Å². The van der Waals surface area contributed by atoms with Gasteiger partial charge in [-0.3, -0.25) is 14.4 Å². The van der Waals surface area contributed by atoms with Crippen molar-refractivity contribution in [1.82, 2.24) is 9.80 Å². The zero-order chi connectivity index (χ0) is 18.3. The van der Waals surface area contributed by atoms with Crippen LogP contribution in [0.1, 0.15) is 37.2 Å². The molecule has 26 heavy (non-hydrogen) atoms. The molecular formula is C19H27N3O3S. The Balaban J connectivity index is 1.30. The number of nitrogens with one attached hydrogen (secondary N) is 1. The molecule has 1 aromatic rings. The highest BCUT2D eigenvalue weighted by Gasteiger charge is 2.46. The maximum Gasteiger partial charge on any atom is 0.229 e. The predicted octanol–water partition coefficient (Wildman–Crippen LogP) is 1.86. The number of hydrogen-bond donors (Lipinski definition) is 1. The van der Waals surface area contributed by atoms with Crippen LogP contribution in [0.25, 0.3) is 0 Å². The average Bonchev–Trinajstić information content (AvgIpc) is 3.33. The molecule has 1 heterocycles. The number of carbonyl (C=O) groups excluding carboxylic acids is 1.